The van der Waals surface area contributed by atoms with Crippen LogP contribution in [0.1, 0.15) is 25.0 Å². The molecule has 2 bridgehead atoms. The van der Waals surface area contributed by atoms with Gasteiger partial charge in [0.05, 0.1) is 12.8 Å². The molecule has 3 aliphatic rings. The van der Waals surface area contributed by atoms with Gasteiger partial charge in [-0.15, -0.1) is 0 Å². The number of carbonyl (C=O) groups is 1. The molecule has 2 saturated carbocycles. The normalized spacial score (nSPS) is 36.3. The first-order valence-corrected chi connectivity index (χ1v) is 6.90. The van der Waals surface area contributed by atoms with E-state index in [0.717, 1.165) is 30.1 Å². The number of nitrogens with one attached hydrogen (secondary N) is 1. The highest BCUT2D eigenvalue weighted by atomic mass is 16.3. The zero-order valence-corrected chi connectivity index (χ0v) is 10.3. The molecule has 1 aromatic heterocycles. The molecule has 1 saturated heterocycles. The van der Waals surface area contributed by atoms with Crippen LogP contribution in [0.3, 0.4) is 0 Å². The largest absolute Gasteiger partial charge is 0.467 e. The van der Waals surface area contributed by atoms with Crippen LogP contribution in [-0.4, -0.2) is 23.5 Å². The second-order valence-electron chi connectivity index (χ2n) is 5.88. The molecule has 96 valence electrons. The molecule has 1 aromatic rings. The summed E-state index contributed by atoms with van der Waals surface area (Å²) in [5.74, 6) is 3.31. The summed E-state index contributed by atoms with van der Waals surface area (Å²) in [6.45, 7) is 1.46. The molecule has 0 spiro atoms. The standard InChI is InChI=1S/C14H18N2O2/c17-14(15-7-11-2-1-5-18-11)16-8-12-9-3-4-10(6-9)13(12)16/h1-2,5,9-10,12-13H,3-4,6-8H2,(H,15,17)/t9-,10-,12-,13+/m0/s1. The summed E-state index contributed by atoms with van der Waals surface area (Å²) in [6.07, 6.45) is 5.72. The van der Waals surface area contributed by atoms with Crippen molar-refractivity contribution in [2.24, 2.45) is 17.8 Å². The van der Waals surface area contributed by atoms with Gasteiger partial charge in [0.15, 0.2) is 0 Å². The van der Waals surface area contributed by atoms with E-state index in [9.17, 15) is 4.79 Å². The average Bonchev–Trinajstić information content (AvgIpc) is 2.99. The number of fused-ring (bicyclic) bond motifs is 5. The van der Waals surface area contributed by atoms with Crippen LogP contribution in [0.5, 0.6) is 0 Å². The van der Waals surface area contributed by atoms with Crippen molar-refractivity contribution in [3.8, 4) is 0 Å². The fourth-order valence-electron chi connectivity index (χ4n) is 4.23. The van der Waals surface area contributed by atoms with E-state index in [1.807, 2.05) is 17.0 Å². The molecule has 4 heteroatoms. The lowest BCUT2D eigenvalue weighted by molar-refractivity contribution is 0.0120. The number of urea groups is 1. The molecular formula is C14H18N2O2. The second kappa shape index (κ2) is 3.77. The van der Waals surface area contributed by atoms with E-state index in [1.54, 1.807) is 6.26 Å². The lowest BCUT2D eigenvalue weighted by Gasteiger charge is -2.50. The molecule has 4 atom stereocenters. The van der Waals surface area contributed by atoms with Crippen molar-refractivity contribution < 1.29 is 9.21 Å². The Morgan fingerprint density at radius 2 is 2.33 bits per heavy atom. The van der Waals surface area contributed by atoms with Gasteiger partial charge in [0.25, 0.3) is 0 Å². The third-order valence-electron chi connectivity index (χ3n) is 5.06. The van der Waals surface area contributed by atoms with E-state index in [0.29, 0.717) is 12.6 Å². The first kappa shape index (κ1) is 10.5. The lowest BCUT2D eigenvalue weighted by Crippen LogP contribution is -2.63. The van der Waals surface area contributed by atoms with Gasteiger partial charge < -0.3 is 14.6 Å². The summed E-state index contributed by atoms with van der Waals surface area (Å²) in [7, 11) is 0. The van der Waals surface area contributed by atoms with Gasteiger partial charge in [0.2, 0.25) is 0 Å². The number of likely N-dealkylation sites (tertiary alicyclic amines) is 1. The molecule has 2 aliphatic carbocycles. The van der Waals surface area contributed by atoms with Crippen molar-refractivity contribution in [2.75, 3.05) is 6.54 Å². The Bertz CT molecular complexity index is 454. The first-order chi connectivity index (χ1) is 8.83. The minimum atomic E-state index is 0.0835. The summed E-state index contributed by atoms with van der Waals surface area (Å²) >= 11 is 0. The van der Waals surface area contributed by atoms with Crippen LogP contribution in [0, 0.1) is 17.8 Å². The number of amides is 2. The third kappa shape index (κ3) is 1.41. The Balaban J connectivity index is 1.36. The maximum atomic E-state index is 12.1. The number of furan rings is 1. The topological polar surface area (TPSA) is 45.5 Å². The fraction of sp³-hybridized carbons (Fsp3) is 0.643. The number of hydrogen-bond donors (Lipinski definition) is 1. The Kier molecular flexibility index (Phi) is 2.19. The SMILES string of the molecule is O=C(NCc1ccco1)N1C[C@H]2[C@H]3CC[C@@H](C3)[C@H]21. The Labute approximate surface area is 106 Å². The summed E-state index contributed by atoms with van der Waals surface area (Å²) in [6, 6.07) is 4.36. The molecule has 4 rings (SSSR count). The van der Waals surface area contributed by atoms with Gasteiger partial charge in [0, 0.05) is 18.5 Å². The monoisotopic (exact) mass is 246 g/mol. The highest BCUT2D eigenvalue weighted by Gasteiger charge is 2.57. The van der Waals surface area contributed by atoms with Crippen molar-refractivity contribution in [1.82, 2.24) is 10.2 Å². The van der Waals surface area contributed by atoms with Crippen LogP contribution in [0.15, 0.2) is 22.8 Å². The molecule has 0 unspecified atom stereocenters. The maximum absolute atomic E-state index is 12.1. The van der Waals surface area contributed by atoms with E-state index in [4.69, 9.17) is 4.42 Å². The van der Waals surface area contributed by atoms with Gasteiger partial charge in [-0.3, -0.25) is 0 Å². The van der Waals surface area contributed by atoms with Crippen molar-refractivity contribution in [3.05, 3.63) is 24.2 Å². The molecular weight excluding hydrogens is 228 g/mol. The highest BCUT2D eigenvalue weighted by molar-refractivity contribution is 5.75. The second-order valence-corrected chi connectivity index (χ2v) is 5.88. The third-order valence-corrected chi connectivity index (χ3v) is 5.06. The van der Waals surface area contributed by atoms with Crippen LogP contribution in [0.2, 0.25) is 0 Å². The summed E-state index contributed by atoms with van der Waals surface area (Å²) in [4.78, 5) is 14.2. The molecule has 2 heterocycles. The minimum absolute atomic E-state index is 0.0835. The number of rotatable bonds is 2. The van der Waals surface area contributed by atoms with Gasteiger partial charge in [0.1, 0.15) is 5.76 Å². The van der Waals surface area contributed by atoms with Crippen LogP contribution in [-0.2, 0) is 6.54 Å². The molecule has 4 nitrogen and oxygen atoms in total. The average molecular weight is 246 g/mol. The Hall–Kier alpha value is -1.45. The van der Waals surface area contributed by atoms with E-state index in [1.165, 1.54) is 19.3 Å². The van der Waals surface area contributed by atoms with Crippen molar-refractivity contribution in [1.29, 1.82) is 0 Å². The van der Waals surface area contributed by atoms with Gasteiger partial charge in [-0.25, -0.2) is 4.79 Å². The predicted octanol–water partition coefficient (Wildman–Crippen LogP) is 2.22. The Morgan fingerprint density at radius 3 is 3.11 bits per heavy atom. The summed E-state index contributed by atoms with van der Waals surface area (Å²) < 4.78 is 5.22. The molecule has 18 heavy (non-hydrogen) atoms. The number of nitrogens with zero attached hydrogens (tertiary/aromatic N) is 1. The zero-order chi connectivity index (χ0) is 12.1. The van der Waals surface area contributed by atoms with E-state index in [-0.39, 0.29) is 6.03 Å². The van der Waals surface area contributed by atoms with Crippen LogP contribution in [0.25, 0.3) is 0 Å². The molecule has 1 aliphatic heterocycles. The summed E-state index contributed by atoms with van der Waals surface area (Å²) in [5.41, 5.74) is 0. The van der Waals surface area contributed by atoms with Gasteiger partial charge in [-0.1, -0.05) is 0 Å². The van der Waals surface area contributed by atoms with Crippen molar-refractivity contribution >= 4 is 6.03 Å². The number of carbonyl (C=O) groups excluding carboxylic acids is 1. The van der Waals surface area contributed by atoms with Gasteiger partial charge in [-0.2, -0.15) is 0 Å². The first-order valence-electron chi connectivity index (χ1n) is 6.90. The molecule has 3 fully saturated rings. The van der Waals surface area contributed by atoms with Crippen LogP contribution >= 0.6 is 0 Å². The lowest BCUT2D eigenvalue weighted by atomic mass is 9.77. The van der Waals surface area contributed by atoms with Crippen LogP contribution < -0.4 is 5.32 Å². The van der Waals surface area contributed by atoms with Crippen molar-refractivity contribution in [2.45, 2.75) is 31.8 Å². The van der Waals surface area contributed by atoms with Crippen LogP contribution in [0.4, 0.5) is 4.79 Å². The smallest absolute Gasteiger partial charge is 0.318 e. The van der Waals surface area contributed by atoms with Crippen molar-refractivity contribution in [3.63, 3.8) is 0 Å². The van der Waals surface area contributed by atoms with E-state index < -0.39 is 0 Å². The minimum Gasteiger partial charge on any atom is -0.467 e. The Morgan fingerprint density at radius 1 is 1.44 bits per heavy atom. The predicted molar refractivity (Wildman–Crippen MR) is 65.8 cm³/mol. The highest BCUT2D eigenvalue weighted by Crippen LogP contribution is 2.55. The van der Waals surface area contributed by atoms with Gasteiger partial charge >= 0.3 is 6.03 Å². The summed E-state index contributed by atoms with van der Waals surface area (Å²) in [5, 5.41) is 2.95. The van der Waals surface area contributed by atoms with E-state index in [2.05, 4.69) is 5.32 Å². The molecule has 1 N–H and O–H groups in total. The molecule has 0 aromatic carbocycles. The maximum Gasteiger partial charge on any atom is 0.318 e. The van der Waals surface area contributed by atoms with Gasteiger partial charge in [-0.05, 0) is 43.2 Å². The zero-order valence-electron chi connectivity index (χ0n) is 10.3. The molecule has 0 radical (unpaired) electrons. The van der Waals surface area contributed by atoms with E-state index >= 15 is 0 Å². The number of hydrogen-bond acceptors (Lipinski definition) is 2. The molecule has 2 amide bonds. The fourth-order valence-corrected chi connectivity index (χ4v) is 4.23. The quantitative estimate of drug-likeness (QED) is 0.869.